The van der Waals surface area contributed by atoms with Gasteiger partial charge >= 0.3 is 6.03 Å². The quantitative estimate of drug-likeness (QED) is 0.879. The van der Waals surface area contributed by atoms with Crippen molar-refractivity contribution in [2.45, 2.75) is 39.3 Å². The molecule has 1 unspecified atom stereocenters. The van der Waals surface area contributed by atoms with Crippen molar-refractivity contribution in [1.29, 1.82) is 0 Å². The van der Waals surface area contributed by atoms with E-state index in [4.69, 9.17) is 0 Å². The first-order valence-corrected chi connectivity index (χ1v) is 9.21. The zero-order chi connectivity index (χ0) is 17.6. The minimum atomic E-state index is -0.0645. The highest BCUT2D eigenvalue weighted by Crippen LogP contribution is 2.21. The number of carbonyl (C=O) groups is 1. The predicted octanol–water partition coefficient (Wildman–Crippen LogP) is 3.15. The molecule has 1 atom stereocenters. The number of amides is 2. The molecule has 1 saturated heterocycles. The van der Waals surface area contributed by atoms with Crippen LogP contribution < -0.4 is 10.6 Å². The van der Waals surface area contributed by atoms with E-state index in [9.17, 15) is 4.79 Å². The van der Waals surface area contributed by atoms with Crippen LogP contribution in [0, 0.1) is 5.92 Å². The number of urea groups is 1. The molecule has 5 heteroatoms. The molecule has 1 fully saturated rings. The second kappa shape index (κ2) is 8.30. The van der Waals surface area contributed by atoms with E-state index in [1.807, 2.05) is 26.1 Å². The summed E-state index contributed by atoms with van der Waals surface area (Å²) < 4.78 is 0. The molecule has 25 heavy (non-hydrogen) atoms. The minimum Gasteiger partial charge on any atom is -0.338 e. The average Bonchev–Trinajstić information content (AvgIpc) is 2.60. The summed E-state index contributed by atoms with van der Waals surface area (Å²) >= 11 is 0. The molecular weight excluding hydrogens is 312 g/mol. The van der Waals surface area contributed by atoms with E-state index in [-0.39, 0.29) is 12.1 Å². The molecular formula is C20H28N4O. The van der Waals surface area contributed by atoms with Crippen LogP contribution in [0.2, 0.25) is 0 Å². The summed E-state index contributed by atoms with van der Waals surface area (Å²) in [6.45, 7) is 7.73. The van der Waals surface area contributed by atoms with Gasteiger partial charge in [0.1, 0.15) is 0 Å². The fourth-order valence-corrected chi connectivity index (χ4v) is 3.55. The zero-order valence-corrected chi connectivity index (χ0v) is 15.2. The van der Waals surface area contributed by atoms with Gasteiger partial charge in [0.15, 0.2) is 0 Å². The third kappa shape index (κ3) is 4.92. The van der Waals surface area contributed by atoms with Crippen molar-refractivity contribution in [3.8, 4) is 0 Å². The van der Waals surface area contributed by atoms with Crippen LogP contribution >= 0.6 is 0 Å². The number of nitrogens with zero attached hydrogens (tertiary/aromatic N) is 2. The van der Waals surface area contributed by atoms with Crippen molar-refractivity contribution in [1.82, 2.24) is 20.5 Å². The van der Waals surface area contributed by atoms with Crippen LogP contribution in [-0.4, -0.2) is 41.6 Å². The molecule has 2 N–H and O–H groups in total. The Labute approximate surface area is 149 Å². The molecule has 5 nitrogen and oxygen atoms in total. The second-order valence-corrected chi connectivity index (χ2v) is 7.24. The standard InChI is InChI=1S/C20H28N4O/c1-15(2)23-20(25)22-12-16-6-5-11-24(13-16)14-18-8-3-7-17-9-4-10-21-19(17)18/h3-4,7-10,15-16H,5-6,11-14H2,1-2H3,(H2,22,23,25). The first-order valence-electron chi connectivity index (χ1n) is 9.21. The lowest BCUT2D eigenvalue weighted by Gasteiger charge is -2.33. The van der Waals surface area contributed by atoms with Gasteiger partial charge in [-0.15, -0.1) is 0 Å². The van der Waals surface area contributed by atoms with Crippen molar-refractivity contribution in [2.75, 3.05) is 19.6 Å². The summed E-state index contributed by atoms with van der Waals surface area (Å²) in [5.74, 6) is 0.509. The summed E-state index contributed by atoms with van der Waals surface area (Å²) in [4.78, 5) is 18.8. The molecule has 0 saturated carbocycles. The second-order valence-electron chi connectivity index (χ2n) is 7.24. The van der Waals surface area contributed by atoms with Gasteiger partial charge in [-0.25, -0.2) is 4.79 Å². The summed E-state index contributed by atoms with van der Waals surface area (Å²) in [5, 5.41) is 7.09. The Morgan fingerprint density at radius 2 is 2.16 bits per heavy atom. The highest BCUT2D eigenvalue weighted by atomic mass is 16.2. The third-order valence-corrected chi connectivity index (χ3v) is 4.68. The summed E-state index contributed by atoms with van der Waals surface area (Å²) in [7, 11) is 0. The SMILES string of the molecule is CC(C)NC(=O)NCC1CCCN(Cc2cccc3cccnc23)C1. The Morgan fingerprint density at radius 3 is 3.00 bits per heavy atom. The Bertz CT molecular complexity index is 710. The van der Waals surface area contributed by atoms with E-state index in [2.05, 4.69) is 44.8 Å². The fourth-order valence-electron chi connectivity index (χ4n) is 3.55. The molecule has 1 aliphatic heterocycles. The van der Waals surface area contributed by atoms with Crippen LogP contribution in [0.25, 0.3) is 10.9 Å². The van der Waals surface area contributed by atoms with Crippen LogP contribution in [0.1, 0.15) is 32.3 Å². The summed E-state index contributed by atoms with van der Waals surface area (Å²) in [6.07, 6.45) is 4.21. The van der Waals surface area contributed by atoms with Gasteiger partial charge in [0.2, 0.25) is 0 Å². The lowest BCUT2D eigenvalue weighted by Crippen LogP contribution is -2.45. The van der Waals surface area contributed by atoms with E-state index in [1.165, 1.54) is 23.8 Å². The van der Waals surface area contributed by atoms with Gasteiger partial charge in [0.25, 0.3) is 0 Å². The molecule has 2 heterocycles. The zero-order valence-electron chi connectivity index (χ0n) is 15.2. The number of likely N-dealkylation sites (tertiary alicyclic amines) is 1. The van der Waals surface area contributed by atoms with E-state index in [0.717, 1.165) is 31.7 Å². The molecule has 1 aromatic heterocycles. The van der Waals surface area contributed by atoms with E-state index in [1.54, 1.807) is 0 Å². The lowest BCUT2D eigenvalue weighted by atomic mass is 9.97. The van der Waals surface area contributed by atoms with Gasteiger partial charge in [-0.05, 0) is 50.8 Å². The number of benzene rings is 1. The number of fused-ring (bicyclic) bond motifs is 1. The van der Waals surface area contributed by atoms with Crippen molar-refractivity contribution < 1.29 is 4.79 Å². The molecule has 1 aromatic carbocycles. The van der Waals surface area contributed by atoms with Gasteiger partial charge in [0, 0.05) is 37.3 Å². The van der Waals surface area contributed by atoms with Crippen molar-refractivity contribution in [3.63, 3.8) is 0 Å². The number of rotatable bonds is 5. The number of pyridine rings is 1. The normalized spacial score (nSPS) is 18.4. The lowest BCUT2D eigenvalue weighted by molar-refractivity contribution is 0.165. The largest absolute Gasteiger partial charge is 0.338 e. The molecule has 134 valence electrons. The molecule has 3 rings (SSSR count). The maximum atomic E-state index is 11.8. The van der Waals surface area contributed by atoms with Crippen molar-refractivity contribution in [3.05, 3.63) is 42.1 Å². The number of piperidine rings is 1. The molecule has 0 bridgehead atoms. The average molecular weight is 340 g/mol. The molecule has 0 spiro atoms. The maximum Gasteiger partial charge on any atom is 0.314 e. The van der Waals surface area contributed by atoms with Crippen LogP contribution in [0.4, 0.5) is 4.79 Å². The van der Waals surface area contributed by atoms with Gasteiger partial charge < -0.3 is 10.6 Å². The Kier molecular flexibility index (Phi) is 5.87. The molecule has 2 amide bonds. The summed E-state index contributed by atoms with van der Waals surface area (Å²) in [6, 6.07) is 10.6. The Morgan fingerprint density at radius 1 is 1.32 bits per heavy atom. The molecule has 1 aliphatic rings. The van der Waals surface area contributed by atoms with Gasteiger partial charge in [-0.3, -0.25) is 9.88 Å². The number of hydrogen-bond donors (Lipinski definition) is 2. The molecule has 0 radical (unpaired) electrons. The number of para-hydroxylation sites is 1. The Hall–Kier alpha value is -2.14. The van der Waals surface area contributed by atoms with Gasteiger partial charge in [0.05, 0.1) is 5.52 Å². The van der Waals surface area contributed by atoms with Crippen LogP contribution in [0.3, 0.4) is 0 Å². The van der Waals surface area contributed by atoms with Crippen molar-refractivity contribution in [2.24, 2.45) is 5.92 Å². The maximum absolute atomic E-state index is 11.8. The van der Waals surface area contributed by atoms with E-state index in [0.29, 0.717) is 5.92 Å². The third-order valence-electron chi connectivity index (χ3n) is 4.68. The first-order chi connectivity index (χ1) is 12.1. The highest BCUT2D eigenvalue weighted by Gasteiger charge is 2.21. The number of nitrogens with one attached hydrogen (secondary N) is 2. The van der Waals surface area contributed by atoms with Crippen molar-refractivity contribution >= 4 is 16.9 Å². The fraction of sp³-hybridized carbons (Fsp3) is 0.500. The van der Waals surface area contributed by atoms with Crippen LogP contribution in [0.5, 0.6) is 0 Å². The van der Waals surface area contributed by atoms with Crippen LogP contribution in [0.15, 0.2) is 36.5 Å². The minimum absolute atomic E-state index is 0.0645. The number of aromatic nitrogens is 1. The molecule has 2 aromatic rings. The molecule has 0 aliphatic carbocycles. The van der Waals surface area contributed by atoms with Crippen LogP contribution in [-0.2, 0) is 6.54 Å². The van der Waals surface area contributed by atoms with E-state index >= 15 is 0 Å². The highest BCUT2D eigenvalue weighted by molar-refractivity contribution is 5.81. The Balaban J connectivity index is 1.57. The number of hydrogen-bond acceptors (Lipinski definition) is 3. The van der Waals surface area contributed by atoms with Gasteiger partial charge in [-0.2, -0.15) is 0 Å². The summed E-state index contributed by atoms with van der Waals surface area (Å²) in [5.41, 5.74) is 2.38. The number of carbonyl (C=O) groups excluding carboxylic acids is 1. The predicted molar refractivity (Wildman–Crippen MR) is 101 cm³/mol. The topological polar surface area (TPSA) is 57.3 Å². The monoisotopic (exact) mass is 340 g/mol. The van der Waals surface area contributed by atoms with E-state index < -0.39 is 0 Å². The first kappa shape index (κ1) is 17.7. The smallest absolute Gasteiger partial charge is 0.314 e. The van der Waals surface area contributed by atoms with Gasteiger partial charge in [-0.1, -0.05) is 24.3 Å².